The lowest BCUT2D eigenvalue weighted by Gasteiger charge is -2.28. The van der Waals surface area contributed by atoms with Gasteiger partial charge in [0.1, 0.15) is 5.75 Å². The van der Waals surface area contributed by atoms with Crippen molar-refractivity contribution in [2.75, 3.05) is 38.2 Å². The van der Waals surface area contributed by atoms with Crippen molar-refractivity contribution < 1.29 is 37.0 Å². The average Bonchev–Trinajstić information content (AvgIpc) is 2.87. The van der Waals surface area contributed by atoms with Crippen molar-refractivity contribution >= 4 is 17.7 Å². The van der Waals surface area contributed by atoms with Crippen molar-refractivity contribution in [1.82, 2.24) is 10.2 Å². The van der Waals surface area contributed by atoms with E-state index in [1.54, 1.807) is 11.0 Å². The van der Waals surface area contributed by atoms with Gasteiger partial charge in [0.2, 0.25) is 0 Å². The van der Waals surface area contributed by atoms with Gasteiger partial charge < -0.3 is 29.7 Å². The van der Waals surface area contributed by atoms with Gasteiger partial charge in [0, 0.05) is 31.4 Å². The van der Waals surface area contributed by atoms with Crippen molar-refractivity contribution in [3.8, 4) is 5.75 Å². The van der Waals surface area contributed by atoms with E-state index in [0.717, 1.165) is 32.1 Å². The monoisotopic (exact) mass is 527 g/mol. The molecule has 0 bridgehead atoms. The summed E-state index contributed by atoms with van der Waals surface area (Å²) in [5, 5.41) is 5.93. The van der Waals surface area contributed by atoms with Crippen molar-refractivity contribution in [2.45, 2.75) is 64.3 Å². The molecule has 37 heavy (non-hydrogen) atoms. The molecule has 1 atom stereocenters. The summed E-state index contributed by atoms with van der Waals surface area (Å²) in [6.07, 6.45) is 3.01. The van der Waals surface area contributed by atoms with Gasteiger partial charge in [0.15, 0.2) is 5.76 Å². The molecule has 1 aromatic rings. The van der Waals surface area contributed by atoms with Gasteiger partial charge >= 0.3 is 12.5 Å². The van der Waals surface area contributed by atoms with E-state index < -0.39 is 12.5 Å². The Morgan fingerprint density at radius 3 is 2.43 bits per heavy atom. The Kier molecular flexibility index (Phi) is 10.9. The van der Waals surface area contributed by atoms with E-state index in [2.05, 4.69) is 15.4 Å². The lowest BCUT2D eigenvalue weighted by molar-refractivity contribution is -0.274. The first-order valence-corrected chi connectivity index (χ1v) is 12.9. The second kappa shape index (κ2) is 14.1. The van der Waals surface area contributed by atoms with E-state index in [9.17, 15) is 22.8 Å². The number of morpholine rings is 1. The Morgan fingerprint density at radius 2 is 1.81 bits per heavy atom. The van der Waals surface area contributed by atoms with Gasteiger partial charge in [0.05, 0.1) is 13.2 Å². The van der Waals surface area contributed by atoms with E-state index in [-0.39, 0.29) is 29.4 Å². The van der Waals surface area contributed by atoms with E-state index in [0.29, 0.717) is 45.0 Å². The fourth-order valence-electron chi connectivity index (χ4n) is 4.47. The molecule has 1 saturated carbocycles. The van der Waals surface area contributed by atoms with Crippen molar-refractivity contribution in [3.05, 3.63) is 36.1 Å². The van der Waals surface area contributed by atoms with Crippen molar-refractivity contribution in [2.24, 2.45) is 5.92 Å². The molecule has 1 aromatic carbocycles. The summed E-state index contributed by atoms with van der Waals surface area (Å²) in [7, 11) is 0. The Labute approximate surface area is 215 Å². The smallest absolute Gasteiger partial charge is 0.406 e. The second-order valence-electron chi connectivity index (χ2n) is 9.31. The van der Waals surface area contributed by atoms with E-state index >= 15 is 0 Å². The number of alkyl carbamates (subject to hydrolysis) is 1. The average molecular weight is 528 g/mol. The van der Waals surface area contributed by atoms with Gasteiger partial charge in [-0.3, -0.25) is 4.79 Å². The maximum absolute atomic E-state index is 13.1. The third-order valence-electron chi connectivity index (χ3n) is 6.35. The van der Waals surface area contributed by atoms with Crippen LogP contribution in [0.3, 0.4) is 0 Å². The molecule has 0 aromatic heterocycles. The molecular formula is C26H36F3N3O5. The fraction of sp³-hybridized carbons (Fsp3) is 0.615. The number of anilines is 1. The molecule has 1 aliphatic heterocycles. The zero-order valence-corrected chi connectivity index (χ0v) is 21.1. The predicted molar refractivity (Wildman–Crippen MR) is 132 cm³/mol. The Balaban J connectivity index is 1.59. The van der Waals surface area contributed by atoms with Gasteiger partial charge in [-0.15, -0.1) is 13.2 Å². The molecule has 206 valence electrons. The van der Waals surface area contributed by atoms with Gasteiger partial charge in [-0.25, -0.2) is 4.79 Å². The molecule has 2 N–H and O–H groups in total. The van der Waals surface area contributed by atoms with E-state index in [1.807, 2.05) is 6.92 Å². The molecule has 2 amide bonds. The first kappa shape index (κ1) is 28.6. The summed E-state index contributed by atoms with van der Waals surface area (Å²) in [5.41, 5.74) is 0.575. The number of rotatable bonds is 10. The highest BCUT2D eigenvalue weighted by atomic mass is 19.4. The Morgan fingerprint density at radius 1 is 1.14 bits per heavy atom. The number of carbonyl (C=O) groups excluding carboxylic acids is 2. The van der Waals surface area contributed by atoms with Crippen LogP contribution in [0.5, 0.6) is 5.75 Å². The largest absolute Gasteiger partial charge is 0.573 e. The number of carbonyl (C=O) groups is 2. The SMILES string of the molecule is CCC[C@@H](CNc1ccc(OC(F)(F)F)cc1)NC(=O)O/C(=C/C1CCCCC1)C(=O)N1CCOCC1. The zero-order chi connectivity index (χ0) is 26.7. The number of nitrogens with zero attached hydrogens (tertiary/aromatic N) is 1. The highest BCUT2D eigenvalue weighted by Crippen LogP contribution is 2.27. The first-order valence-electron chi connectivity index (χ1n) is 12.9. The van der Waals surface area contributed by atoms with Gasteiger partial charge in [-0.05, 0) is 55.5 Å². The maximum Gasteiger partial charge on any atom is 0.573 e. The molecule has 8 nitrogen and oxygen atoms in total. The predicted octanol–water partition coefficient (Wildman–Crippen LogP) is 5.22. The van der Waals surface area contributed by atoms with Crippen LogP contribution in [0, 0.1) is 5.92 Å². The van der Waals surface area contributed by atoms with Crippen LogP contribution >= 0.6 is 0 Å². The summed E-state index contributed by atoms with van der Waals surface area (Å²) in [4.78, 5) is 27.6. The van der Waals surface area contributed by atoms with Crippen LogP contribution in [0.4, 0.5) is 23.7 Å². The van der Waals surface area contributed by atoms with Crippen LogP contribution in [-0.2, 0) is 14.3 Å². The molecule has 0 unspecified atom stereocenters. The summed E-state index contributed by atoms with van der Waals surface area (Å²) < 4.78 is 51.9. The number of hydrogen-bond acceptors (Lipinski definition) is 6. The number of nitrogens with one attached hydrogen (secondary N) is 2. The molecule has 1 heterocycles. The summed E-state index contributed by atoms with van der Waals surface area (Å²) in [6.45, 7) is 4.08. The quantitative estimate of drug-likeness (QED) is 0.321. The highest BCUT2D eigenvalue weighted by molar-refractivity contribution is 5.93. The number of hydrogen-bond donors (Lipinski definition) is 2. The van der Waals surface area contributed by atoms with Crippen LogP contribution in [0.2, 0.25) is 0 Å². The Hall–Kier alpha value is -2.95. The topological polar surface area (TPSA) is 89.1 Å². The summed E-state index contributed by atoms with van der Waals surface area (Å²) in [6, 6.07) is 5.04. The fourth-order valence-corrected chi connectivity index (χ4v) is 4.47. The van der Waals surface area contributed by atoms with Crippen LogP contribution < -0.4 is 15.4 Å². The molecule has 2 fully saturated rings. The third kappa shape index (κ3) is 10.1. The van der Waals surface area contributed by atoms with E-state index in [4.69, 9.17) is 9.47 Å². The minimum absolute atomic E-state index is 0.0507. The molecule has 0 spiro atoms. The van der Waals surface area contributed by atoms with Crippen LogP contribution in [-0.4, -0.2) is 62.2 Å². The standard InChI is InChI=1S/C26H36F3N3O5/c1-2-6-21(18-30-20-9-11-22(12-10-20)37-26(27,28)29)31-25(34)36-23(17-19-7-4-3-5-8-19)24(33)32-13-15-35-16-14-32/h9-12,17,19,21,30H,2-8,13-16,18H2,1H3,(H,31,34)/b23-17+/t21-/m0/s1. The lowest BCUT2D eigenvalue weighted by atomic mass is 9.89. The molecule has 1 aliphatic carbocycles. The minimum atomic E-state index is -4.75. The van der Waals surface area contributed by atoms with Gasteiger partial charge in [-0.1, -0.05) is 32.6 Å². The number of halogens is 3. The highest BCUT2D eigenvalue weighted by Gasteiger charge is 2.31. The first-order chi connectivity index (χ1) is 17.7. The summed E-state index contributed by atoms with van der Waals surface area (Å²) >= 11 is 0. The second-order valence-corrected chi connectivity index (χ2v) is 9.31. The molecule has 3 rings (SSSR count). The molecule has 11 heteroatoms. The van der Waals surface area contributed by atoms with Gasteiger partial charge in [-0.2, -0.15) is 0 Å². The molecular weight excluding hydrogens is 491 g/mol. The number of alkyl halides is 3. The van der Waals surface area contributed by atoms with Crippen LogP contribution in [0.1, 0.15) is 51.9 Å². The normalized spacial score (nSPS) is 18.2. The number of ether oxygens (including phenoxy) is 3. The molecule has 1 saturated heterocycles. The van der Waals surface area contributed by atoms with Crippen molar-refractivity contribution in [3.63, 3.8) is 0 Å². The van der Waals surface area contributed by atoms with Crippen LogP contribution in [0.15, 0.2) is 36.1 Å². The van der Waals surface area contributed by atoms with Crippen LogP contribution in [0.25, 0.3) is 0 Å². The summed E-state index contributed by atoms with van der Waals surface area (Å²) in [5.74, 6) is -0.379. The van der Waals surface area contributed by atoms with Gasteiger partial charge in [0.25, 0.3) is 5.91 Å². The minimum Gasteiger partial charge on any atom is -0.406 e. The third-order valence-corrected chi connectivity index (χ3v) is 6.35. The molecule has 2 aliphatic rings. The molecule has 0 radical (unpaired) electrons. The maximum atomic E-state index is 13.1. The Bertz CT molecular complexity index is 896. The number of allylic oxidation sites excluding steroid dienone is 1. The van der Waals surface area contributed by atoms with E-state index in [1.165, 1.54) is 30.7 Å². The van der Waals surface area contributed by atoms with Crippen molar-refractivity contribution in [1.29, 1.82) is 0 Å². The lowest BCUT2D eigenvalue weighted by Crippen LogP contribution is -2.44. The number of benzene rings is 1. The number of amides is 2. The zero-order valence-electron chi connectivity index (χ0n) is 21.1.